The van der Waals surface area contributed by atoms with Gasteiger partial charge in [-0.25, -0.2) is 4.39 Å². The number of hydrogen-bond acceptors (Lipinski definition) is 2. The number of hydrogen-bond donors (Lipinski definition) is 2. The molecule has 0 heterocycles. The molecule has 2 aromatic rings. The lowest BCUT2D eigenvalue weighted by Crippen LogP contribution is -2.24. The Hall–Kier alpha value is -1.79. The van der Waals surface area contributed by atoms with E-state index in [0.29, 0.717) is 9.46 Å². The highest BCUT2D eigenvalue weighted by Gasteiger charge is 2.14. The first kappa shape index (κ1) is 15.6. The van der Waals surface area contributed by atoms with E-state index in [9.17, 15) is 9.18 Å². The van der Waals surface area contributed by atoms with Gasteiger partial charge in [-0.1, -0.05) is 42.5 Å². The van der Waals surface area contributed by atoms with Gasteiger partial charge in [-0.2, -0.15) is 0 Å². The summed E-state index contributed by atoms with van der Waals surface area (Å²) in [6, 6.07) is 11.6. The van der Waals surface area contributed by atoms with Crippen LogP contribution in [0.25, 0.3) is 0 Å². The summed E-state index contributed by atoms with van der Waals surface area (Å²) in [5, 5.41) is 2.67. The molecule has 108 valence electrons. The molecule has 0 aliphatic carbocycles. The molecular weight excluding hydrogens is 355 g/mol. The van der Waals surface area contributed by atoms with Crippen LogP contribution in [0.15, 0.2) is 46.9 Å². The lowest BCUT2D eigenvalue weighted by molar-refractivity contribution is 0.0946. The van der Waals surface area contributed by atoms with Crippen molar-refractivity contribution in [1.82, 2.24) is 5.32 Å². The molecule has 0 radical (unpaired) electrons. The highest BCUT2D eigenvalue weighted by molar-refractivity contribution is 9.10. The van der Waals surface area contributed by atoms with Crippen molar-refractivity contribution in [2.75, 3.05) is 0 Å². The fourth-order valence-electron chi connectivity index (χ4n) is 1.77. The number of nitrogens with one attached hydrogen (secondary N) is 1. The van der Waals surface area contributed by atoms with E-state index in [1.54, 1.807) is 18.2 Å². The molecule has 0 saturated carbocycles. The molecule has 6 heteroatoms. The van der Waals surface area contributed by atoms with Gasteiger partial charge in [0.2, 0.25) is 0 Å². The lowest BCUT2D eigenvalue weighted by atomic mass is 10.1. The zero-order chi connectivity index (χ0) is 15.4. The number of benzene rings is 2. The molecule has 0 aliphatic rings. The standard InChI is InChI=1S/C15H12BrFN2OS/c16-11-2-1-3-12(17)13(11)15(20)19-8-9-4-6-10(7-5-9)14(18)21/h1-7H,8H2,(H2,18,21)(H,19,20). The normalized spacial score (nSPS) is 10.2. The molecule has 0 unspecified atom stereocenters. The van der Waals surface area contributed by atoms with Crippen LogP contribution in [0.4, 0.5) is 4.39 Å². The minimum atomic E-state index is -0.564. The molecular formula is C15H12BrFN2OS. The Labute approximate surface area is 135 Å². The number of nitrogens with two attached hydrogens (primary N) is 1. The summed E-state index contributed by atoms with van der Waals surface area (Å²) in [5.41, 5.74) is 7.14. The van der Waals surface area contributed by atoms with Crippen molar-refractivity contribution in [2.45, 2.75) is 6.54 Å². The molecule has 21 heavy (non-hydrogen) atoms. The van der Waals surface area contributed by atoms with Crippen LogP contribution in [0.1, 0.15) is 21.5 Å². The molecule has 0 saturated heterocycles. The molecule has 0 atom stereocenters. The van der Waals surface area contributed by atoms with Gasteiger partial charge in [0.25, 0.3) is 5.91 Å². The van der Waals surface area contributed by atoms with E-state index in [1.165, 1.54) is 12.1 Å². The third-order valence-electron chi connectivity index (χ3n) is 2.88. The van der Waals surface area contributed by atoms with Gasteiger partial charge in [0, 0.05) is 16.6 Å². The van der Waals surface area contributed by atoms with Gasteiger partial charge >= 0.3 is 0 Å². The predicted molar refractivity (Wildman–Crippen MR) is 87.6 cm³/mol. The third-order valence-corrected chi connectivity index (χ3v) is 3.78. The van der Waals surface area contributed by atoms with Gasteiger partial charge in [-0.3, -0.25) is 4.79 Å². The second-order valence-corrected chi connectivity index (χ2v) is 5.63. The van der Waals surface area contributed by atoms with Crippen molar-refractivity contribution in [1.29, 1.82) is 0 Å². The Balaban J connectivity index is 2.06. The van der Waals surface area contributed by atoms with E-state index in [2.05, 4.69) is 21.2 Å². The van der Waals surface area contributed by atoms with Crippen LogP contribution in [-0.4, -0.2) is 10.9 Å². The van der Waals surface area contributed by atoms with Gasteiger partial charge in [-0.05, 0) is 33.6 Å². The number of amides is 1. The first-order valence-corrected chi connectivity index (χ1v) is 7.30. The monoisotopic (exact) mass is 366 g/mol. The zero-order valence-corrected chi connectivity index (χ0v) is 13.3. The second-order valence-electron chi connectivity index (χ2n) is 4.34. The van der Waals surface area contributed by atoms with E-state index in [0.717, 1.165) is 11.1 Å². The summed E-state index contributed by atoms with van der Waals surface area (Å²) >= 11 is 8.04. The summed E-state index contributed by atoms with van der Waals surface area (Å²) in [5.74, 6) is -1.04. The van der Waals surface area contributed by atoms with Crippen molar-refractivity contribution in [3.05, 3.63) is 69.4 Å². The maximum atomic E-state index is 13.6. The van der Waals surface area contributed by atoms with E-state index in [1.807, 2.05) is 12.1 Å². The number of carbonyl (C=O) groups is 1. The second kappa shape index (κ2) is 6.78. The maximum Gasteiger partial charge on any atom is 0.255 e. The van der Waals surface area contributed by atoms with Crippen molar-refractivity contribution >= 4 is 39.0 Å². The quantitative estimate of drug-likeness (QED) is 0.817. The Morgan fingerprint density at radius 1 is 1.24 bits per heavy atom. The Morgan fingerprint density at radius 2 is 1.90 bits per heavy atom. The van der Waals surface area contributed by atoms with Crippen molar-refractivity contribution in [3.8, 4) is 0 Å². The van der Waals surface area contributed by atoms with Gasteiger partial charge in [0.15, 0.2) is 0 Å². The van der Waals surface area contributed by atoms with Crippen LogP contribution in [0.3, 0.4) is 0 Å². The fourth-order valence-corrected chi connectivity index (χ4v) is 2.43. The molecule has 2 aromatic carbocycles. The van der Waals surface area contributed by atoms with E-state index >= 15 is 0 Å². The molecule has 0 fully saturated rings. The maximum absolute atomic E-state index is 13.6. The SMILES string of the molecule is NC(=S)c1ccc(CNC(=O)c2c(F)cccc2Br)cc1. The van der Waals surface area contributed by atoms with Crippen LogP contribution >= 0.6 is 28.1 Å². The topological polar surface area (TPSA) is 55.1 Å². The molecule has 3 nitrogen and oxygen atoms in total. The minimum absolute atomic E-state index is 0.00254. The Kier molecular flexibility index (Phi) is 5.03. The van der Waals surface area contributed by atoms with Crippen LogP contribution < -0.4 is 11.1 Å². The van der Waals surface area contributed by atoms with Crippen molar-refractivity contribution in [3.63, 3.8) is 0 Å². The summed E-state index contributed by atoms with van der Waals surface area (Å²) in [4.78, 5) is 12.3. The first-order chi connectivity index (χ1) is 9.99. The van der Waals surface area contributed by atoms with Crippen LogP contribution in [0, 0.1) is 5.82 Å². The van der Waals surface area contributed by atoms with E-state index in [-0.39, 0.29) is 12.1 Å². The average Bonchev–Trinajstić information content (AvgIpc) is 2.45. The largest absolute Gasteiger partial charge is 0.389 e. The van der Waals surface area contributed by atoms with E-state index in [4.69, 9.17) is 18.0 Å². The smallest absolute Gasteiger partial charge is 0.255 e. The molecule has 0 aliphatic heterocycles. The van der Waals surface area contributed by atoms with Gasteiger partial charge < -0.3 is 11.1 Å². The summed E-state index contributed by atoms with van der Waals surface area (Å²) in [6.07, 6.45) is 0. The molecule has 0 aromatic heterocycles. The van der Waals surface area contributed by atoms with Gasteiger partial charge in [0.1, 0.15) is 10.8 Å². The number of carbonyl (C=O) groups excluding carboxylic acids is 1. The first-order valence-electron chi connectivity index (χ1n) is 6.10. The molecule has 0 spiro atoms. The van der Waals surface area contributed by atoms with Crippen molar-refractivity contribution in [2.24, 2.45) is 5.73 Å². The summed E-state index contributed by atoms with van der Waals surface area (Å²) in [7, 11) is 0. The number of rotatable bonds is 4. The Bertz CT molecular complexity index is 668. The Morgan fingerprint density at radius 3 is 2.48 bits per heavy atom. The molecule has 0 bridgehead atoms. The fraction of sp³-hybridized carbons (Fsp3) is 0.0667. The zero-order valence-electron chi connectivity index (χ0n) is 10.9. The van der Waals surface area contributed by atoms with Crippen LogP contribution in [0.2, 0.25) is 0 Å². The summed E-state index contributed by atoms with van der Waals surface area (Å²) in [6.45, 7) is 0.289. The van der Waals surface area contributed by atoms with Crippen LogP contribution in [-0.2, 0) is 6.54 Å². The predicted octanol–water partition coefficient (Wildman–Crippen LogP) is 3.15. The number of thiocarbonyl (C=S) groups is 1. The third kappa shape index (κ3) is 3.86. The minimum Gasteiger partial charge on any atom is -0.389 e. The average molecular weight is 367 g/mol. The molecule has 3 N–H and O–H groups in total. The van der Waals surface area contributed by atoms with E-state index < -0.39 is 11.7 Å². The number of halogens is 2. The molecule has 2 rings (SSSR count). The van der Waals surface area contributed by atoms with Crippen molar-refractivity contribution < 1.29 is 9.18 Å². The highest BCUT2D eigenvalue weighted by Crippen LogP contribution is 2.19. The summed E-state index contributed by atoms with van der Waals surface area (Å²) < 4.78 is 14.1. The van der Waals surface area contributed by atoms with Crippen LogP contribution in [0.5, 0.6) is 0 Å². The van der Waals surface area contributed by atoms with Gasteiger partial charge in [0.05, 0.1) is 5.56 Å². The lowest BCUT2D eigenvalue weighted by Gasteiger charge is -2.08. The van der Waals surface area contributed by atoms with Gasteiger partial charge in [-0.15, -0.1) is 0 Å². The molecule has 1 amide bonds. The highest BCUT2D eigenvalue weighted by atomic mass is 79.9.